The Morgan fingerprint density at radius 2 is 1.94 bits per heavy atom. The van der Waals surface area contributed by atoms with Gasteiger partial charge < -0.3 is 20.6 Å². The number of carbonyl (C=O) groups is 3. The third kappa shape index (κ3) is 6.97. The van der Waals surface area contributed by atoms with Crippen LogP contribution in [0.4, 0.5) is 5.13 Å². The van der Waals surface area contributed by atoms with E-state index >= 15 is 0 Å². The van der Waals surface area contributed by atoms with Crippen molar-refractivity contribution in [1.29, 1.82) is 0 Å². The molecule has 0 radical (unpaired) electrons. The van der Waals surface area contributed by atoms with E-state index in [-0.39, 0.29) is 28.1 Å². The minimum Gasteiger partial charge on any atom is -0.461 e. The predicted molar refractivity (Wildman–Crippen MR) is 137 cm³/mol. The van der Waals surface area contributed by atoms with Gasteiger partial charge in [-0.15, -0.1) is 23.1 Å². The van der Waals surface area contributed by atoms with Gasteiger partial charge in [-0.1, -0.05) is 57.0 Å². The number of β-lactam (4-membered cyclic amide) rings is 1. The molecule has 1 saturated heterocycles. The number of fused-ring (bicyclic) bond motifs is 1. The number of thiazole rings is 1. The highest BCUT2D eigenvalue weighted by Gasteiger charge is 2.53. The summed E-state index contributed by atoms with van der Waals surface area (Å²) in [6.45, 7) is 2.54. The van der Waals surface area contributed by atoms with Crippen molar-refractivity contribution in [2.45, 2.75) is 69.7 Å². The van der Waals surface area contributed by atoms with Crippen molar-refractivity contribution in [3.8, 4) is 0 Å². The SMILES string of the molecule is CCCCCCCCCCOC(=O)C1=CCSC2C(NC(=O)/C(=N/OC)c3csc(N)n3)C(=O)N12. The van der Waals surface area contributed by atoms with E-state index in [9.17, 15) is 14.4 Å². The predicted octanol–water partition coefficient (Wildman–Crippen LogP) is 3.04. The second-order valence-corrected chi connectivity index (χ2v) is 10.3. The number of anilines is 1. The van der Waals surface area contributed by atoms with E-state index in [2.05, 4.69) is 22.4 Å². The van der Waals surface area contributed by atoms with E-state index in [1.54, 1.807) is 11.5 Å². The number of nitrogens with zero attached hydrogens (tertiary/aromatic N) is 3. The molecule has 2 aliphatic heterocycles. The number of unbranched alkanes of at least 4 members (excludes halogenated alkanes) is 7. The molecule has 0 bridgehead atoms. The molecule has 0 spiro atoms. The molecule has 12 heteroatoms. The molecule has 1 aromatic rings. The number of oxime groups is 1. The first-order valence-electron chi connectivity index (χ1n) is 11.9. The highest BCUT2D eigenvalue weighted by Crippen LogP contribution is 2.37. The van der Waals surface area contributed by atoms with Crippen LogP contribution in [0.5, 0.6) is 0 Å². The summed E-state index contributed by atoms with van der Waals surface area (Å²) in [6.07, 6.45) is 10.9. The van der Waals surface area contributed by atoms with Crippen LogP contribution in [0.25, 0.3) is 0 Å². The van der Waals surface area contributed by atoms with Crippen LogP contribution in [0.2, 0.25) is 0 Å². The monoisotopic (exact) mass is 523 g/mol. The Balaban J connectivity index is 1.47. The summed E-state index contributed by atoms with van der Waals surface area (Å²) in [5, 5.41) is 7.90. The van der Waals surface area contributed by atoms with Crippen LogP contribution in [0, 0.1) is 0 Å². The fraction of sp³-hybridized carbons (Fsp3) is 0.609. The molecule has 3 rings (SSSR count). The van der Waals surface area contributed by atoms with E-state index in [1.807, 2.05) is 0 Å². The van der Waals surface area contributed by atoms with Crippen molar-refractivity contribution in [2.24, 2.45) is 5.16 Å². The largest absolute Gasteiger partial charge is 0.461 e. The van der Waals surface area contributed by atoms with Gasteiger partial charge >= 0.3 is 5.97 Å². The van der Waals surface area contributed by atoms with E-state index in [0.29, 0.717) is 12.4 Å². The highest BCUT2D eigenvalue weighted by atomic mass is 32.2. The molecule has 0 aliphatic carbocycles. The molecule has 2 amide bonds. The van der Waals surface area contributed by atoms with Gasteiger partial charge in [0.05, 0.1) is 6.61 Å². The first kappa shape index (κ1) is 27.0. The third-order valence-electron chi connectivity index (χ3n) is 5.74. The van der Waals surface area contributed by atoms with Crippen molar-refractivity contribution in [3.05, 3.63) is 22.8 Å². The number of nitrogens with one attached hydrogen (secondary N) is 1. The summed E-state index contributed by atoms with van der Waals surface area (Å²) < 4.78 is 5.42. The summed E-state index contributed by atoms with van der Waals surface area (Å²) in [5.41, 5.74) is 6.07. The smallest absolute Gasteiger partial charge is 0.354 e. The average Bonchev–Trinajstić information content (AvgIpc) is 3.29. The number of ether oxygens (including phenoxy) is 1. The Morgan fingerprint density at radius 3 is 2.60 bits per heavy atom. The zero-order valence-corrected chi connectivity index (χ0v) is 21.8. The van der Waals surface area contributed by atoms with Gasteiger partial charge in [-0.05, 0) is 12.5 Å². The molecular formula is C23H33N5O5S2. The zero-order chi connectivity index (χ0) is 25.2. The summed E-state index contributed by atoms with van der Waals surface area (Å²) in [6, 6.07) is -0.797. The molecule has 2 aliphatic rings. The number of amides is 2. The number of hydrogen-bond donors (Lipinski definition) is 2. The molecule has 2 unspecified atom stereocenters. The quantitative estimate of drug-likeness (QED) is 0.125. The van der Waals surface area contributed by atoms with Gasteiger partial charge in [0.1, 0.15) is 29.9 Å². The number of nitrogen functional groups attached to an aromatic ring is 1. The number of carbonyl (C=O) groups excluding carboxylic acids is 3. The van der Waals surface area contributed by atoms with Crippen molar-refractivity contribution in [3.63, 3.8) is 0 Å². The van der Waals surface area contributed by atoms with Crippen LogP contribution in [-0.2, 0) is 24.0 Å². The molecule has 35 heavy (non-hydrogen) atoms. The maximum atomic E-state index is 12.8. The van der Waals surface area contributed by atoms with E-state index in [1.165, 1.54) is 55.9 Å². The third-order valence-corrected chi connectivity index (χ3v) is 7.59. The van der Waals surface area contributed by atoms with Gasteiger partial charge in [0.2, 0.25) is 0 Å². The minimum atomic E-state index is -0.797. The number of rotatable bonds is 14. The number of thioether (sulfide) groups is 1. The molecule has 1 aromatic heterocycles. The molecule has 192 valence electrons. The van der Waals surface area contributed by atoms with Crippen molar-refractivity contribution in [1.82, 2.24) is 15.2 Å². The van der Waals surface area contributed by atoms with Crippen molar-refractivity contribution in [2.75, 3.05) is 25.2 Å². The Labute approximate surface area is 213 Å². The van der Waals surface area contributed by atoms with Crippen molar-refractivity contribution >= 4 is 51.7 Å². The van der Waals surface area contributed by atoms with Crippen LogP contribution in [0.15, 0.2) is 22.3 Å². The normalized spacial score (nSPS) is 19.5. The second-order valence-electron chi connectivity index (χ2n) is 8.28. The van der Waals surface area contributed by atoms with Crippen LogP contribution in [0.1, 0.15) is 64.0 Å². The number of nitrogens with two attached hydrogens (primary N) is 1. The maximum absolute atomic E-state index is 12.8. The van der Waals surface area contributed by atoms with E-state index in [0.717, 1.165) is 30.6 Å². The Bertz CT molecular complexity index is 964. The topological polar surface area (TPSA) is 136 Å². The van der Waals surface area contributed by atoms with Crippen LogP contribution < -0.4 is 11.1 Å². The van der Waals surface area contributed by atoms with Crippen LogP contribution in [-0.4, -0.2) is 64.3 Å². The zero-order valence-electron chi connectivity index (χ0n) is 20.2. The Kier molecular flexibility index (Phi) is 10.4. The van der Waals surface area contributed by atoms with Gasteiger partial charge in [0.25, 0.3) is 11.8 Å². The summed E-state index contributed by atoms with van der Waals surface area (Å²) in [4.78, 5) is 48.5. The maximum Gasteiger partial charge on any atom is 0.354 e. The van der Waals surface area contributed by atoms with Gasteiger partial charge in [0.15, 0.2) is 10.8 Å². The molecule has 0 saturated carbocycles. The Hall–Kier alpha value is -2.60. The van der Waals surface area contributed by atoms with Gasteiger partial charge in [-0.3, -0.25) is 14.5 Å². The number of esters is 1. The first-order valence-corrected chi connectivity index (χ1v) is 13.9. The van der Waals surface area contributed by atoms with Gasteiger partial charge in [-0.2, -0.15) is 0 Å². The highest BCUT2D eigenvalue weighted by molar-refractivity contribution is 8.00. The average molecular weight is 524 g/mol. The minimum absolute atomic E-state index is 0.0759. The fourth-order valence-electron chi connectivity index (χ4n) is 3.91. The lowest BCUT2D eigenvalue weighted by atomic mass is 10.0. The van der Waals surface area contributed by atoms with Crippen molar-refractivity contribution < 1.29 is 24.0 Å². The lowest BCUT2D eigenvalue weighted by Crippen LogP contribution is -2.70. The van der Waals surface area contributed by atoms with Crippen LogP contribution >= 0.6 is 23.1 Å². The molecule has 2 atom stereocenters. The summed E-state index contributed by atoms with van der Waals surface area (Å²) in [7, 11) is 1.31. The standard InChI is InChI=1S/C23H33N5O5S2/c1-3-4-5-6-7-8-9-10-12-33-22(31)16-11-13-34-21-18(20(30)28(16)21)26-19(29)17(27-32-2)15-14-35-23(24)25-15/h11,14,18,21H,3-10,12-13H2,1-2H3,(H2,24,25)(H,26,29)/b27-17+. The molecule has 3 heterocycles. The number of hydrogen-bond acceptors (Lipinski definition) is 10. The molecular weight excluding hydrogens is 490 g/mol. The Morgan fingerprint density at radius 1 is 1.23 bits per heavy atom. The van der Waals surface area contributed by atoms with Crippen LogP contribution in [0.3, 0.4) is 0 Å². The lowest BCUT2D eigenvalue weighted by molar-refractivity contribution is -0.152. The van der Waals surface area contributed by atoms with Gasteiger partial charge in [0, 0.05) is 11.1 Å². The van der Waals surface area contributed by atoms with E-state index < -0.39 is 23.3 Å². The second kappa shape index (κ2) is 13.5. The molecule has 3 N–H and O–H groups in total. The summed E-state index contributed by atoms with van der Waals surface area (Å²) in [5.74, 6) is -0.953. The lowest BCUT2D eigenvalue weighted by Gasteiger charge is -2.48. The number of aromatic nitrogens is 1. The fourth-order valence-corrected chi connectivity index (χ4v) is 5.65. The molecule has 1 fully saturated rings. The van der Waals surface area contributed by atoms with Gasteiger partial charge in [-0.25, -0.2) is 9.78 Å². The summed E-state index contributed by atoms with van der Waals surface area (Å²) >= 11 is 2.62. The molecule has 10 nitrogen and oxygen atoms in total. The van der Waals surface area contributed by atoms with E-state index in [4.69, 9.17) is 15.3 Å². The molecule has 0 aromatic carbocycles. The first-order chi connectivity index (χ1) is 17.0.